The van der Waals surface area contributed by atoms with Crippen LogP contribution in [0.1, 0.15) is 22.8 Å². The Morgan fingerprint density at radius 3 is 2.72 bits per heavy atom. The highest BCUT2D eigenvalue weighted by Crippen LogP contribution is 2.36. The molecule has 1 aromatic heterocycles. The average molecular weight is 491 g/mol. The van der Waals surface area contributed by atoms with Gasteiger partial charge in [0.2, 0.25) is 6.79 Å². The highest BCUT2D eigenvalue weighted by atomic mass is 16.7. The van der Waals surface area contributed by atoms with E-state index in [1.165, 1.54) is 0 Å². The number of esters is 1. The van der Waals surface area contributed by atoms with Crippen LogP contribution in [0.5, 0.6) is 17.2 Å². The van der Waals surface area contributed by atoms with Gasteiger partial charge in [-0.2, -0.15) is 0 Å². The Labute approximate surface area is 208 Å². The summed E-state index contributed by atoms with van der Waals surface area (Å²) in [5.41, 5.74) is 2.79. The van der Waals surface area contributed by atoms with Gasteiger partial charge < -0.3 is 33.8 Å². The number of ether oxygens (including phenoxy) is 4. The number of quaternary nitrogens is 1. The number of aliphatic hydroxyl groups excluding tert-OH is 1. The lowest BCUT2D eigenvalue weighted by Crippen LogP contribution is -2.85. The highest BCUT2D eigenvalue weighted by Gasteiger charge is 2.24. The van der Waals surface area contributed by atoms with Crippen molar-refractivity contribution in [3.8, 4) is 28.6 Å². The molecule has 2 heterocycles. The summed E-state index contributed by atoms with van der Waals surface area (Å²) < 4.78 is 27.9. The molecule has 1 aliphatic heterocycles. The first-order chi connectivity index (χ1) is 17.6. The van der Waals surface area contributed by atoms with Gasteiger partial charge in [-0.3, -0.25) is 0 Å². The van der Waals surface area contributed by atoms with Gasteiger partial charge in [-0.1, -0.05) is 30.3 Å². The largest absolute Gasteiger partial charge is 0.491 e. The molecule has 0 radical (unpaired) electrons. The van der Waals surface area contributed by atoms with Gasteiger partial charge in [-0.05, 0) is 43.3 Å². The molecule has 5 rings (SSSR count). The molecule has 0 unspecified atom stereocenters. The normalized spacial score (nSPS) is 13.1. The molecule has 0 spiro atoms. The number of hydrogen-bond acceptors (Lipinski definition) is 7. The standard InChI is InChI=1S/C28H27NO7/c1-2-32-28(31)26-22-13-21(9-11-23(22)36-27(26)19-6-4-3-5-7-19)33-16-20(30)15-29-14-18-8-10-24-25(12-18)35-17-34-24/h3-13,20,29-30H,2,14-17H2,1H3/p+1/t20-/m0/s1. The molecule has 186 valence electrons. The van der Waals surface area contributed by atoms with Crippen LogP contribution in [0.4, 0.5) is 0 Å². The molecule has 0 saturated carbocycles. The lowest BCUT2D eigenvalue weighted by molar-refractivity contribution is -0.676. The van der Waals surface area contributed by atoms with Crippen LogP contribution < -0.4 is 19.5 Å². The molecule has 3 aromatic carbocycles. The molecule has 4 aromatic rings. The zero-order valence-electron chi connectivity index (χ0n) is 19.9. The highest BCUT2D eigenvalue weighted by molar-refractivity contribution is 6.09. The summed E-state index contributed by atoms with van der Waals surface area (Å²) in [6.07, 6.45) is -0.677. The SMILES string of the molecule is CCOC(=O)c1c(-c2ccccc2)oc2ccc(OC[C@@H](O)C[NH2+]Cc3ccc4c(c3)OCO4)cc12. The zero-order valence-corrected chi connectivity index (χ0v) is 19.9. The van der Waals surface area contributed by atoms with Crippen LogP contribution in [0.25, 0.3) is 22.3 Å². The van der Waals surface area contributed by atoms with Crippen molar-refractivity contribution < 1.29 is 38.6 Å². The molecule has 8 nitrogen and oxygen atoms in total. The topological polar surface area (TPSA) is 104 Å². The zero-order chi connectivity index (χ0) is 24.9. The Balaban J connectivity index is 1.24. The predicted octanol–water partition coefficient (Wildman–Crippen LogP) is 3.51. The Bertz CT molecular complexity index is 1350. The van der Waals surface area contributed by atoms with Gasteiger partial charge in [0.15, 0.2) is 11.5 Å². The fourth-order valence-corrected chi connectivity index (χ4v) is 4.14. The quantitative estimate of drug-likeness (QED) is 0.328. The van der Waals surface area contributed by atoms with Crippen LogP contribution in [0, 0.1) is 0 Å². The summed E-state index contributed by atoms with van der Waals surface area (Å²) in [7, 11) is 0. The first-order valence-electron chi connectivity index (χ1n) is 11.9. The summed E-state index contributed by atoms with van der Waals surface area (Å²) in [5, 5.41) is 13.0. The third-order valence-electron chi connectivity index (χ3n) is 5.87. The Morgan fingerprint density at radius 2 is 1.89 bits per heavy atom. The monoisotopic (exact) mass is 490 g/mol. The molecule has 36 heavy (non-hydrogen) atoms. The fourth-order valence-electron chi connectivity index (χ4n) is 4.14. The number of carbonyl (C=O) groups excluding carboxylic acids is 1. The second-order valence-electron chi connectivity index (χ2n) is 8.43. The number of hydrogen-bond donors (Lipinski definition) is 2. The minimum atomic E-state index is -0.677. The van der Waals surface area contributed by atoms with E-state index < -0.39 is 12.1 Å². The maximum atomic E-state index is 12.8. The minimum Gasteiger partial charge on any atom is -0.491 e. The van der Waals surface area contributed by atoms with Crippen molar-refractivity contribution in [2.24, 2.45) is 0 Å². The number of fused-ring (bicyclic) bond motifs is 2. The van der Waals surface area contributed by atoms with Gasteiger partial charge in [-0.25, -0.2) is 4.79 Å². The fraction of sp³-hybridized carbons (Fsp3) is 0.250. The molecule has 0 aliphatic carbocycles. The van der Waals surface area contributed by atoms with Crippen molar-refractivity contribution in [2.45, 2.75) is 19.6 Å². The van der Waals surface area contributed by atoms with Crippen LogP contribution in [0.15, 0.2) is 71.1 Å². The van der Waals surface area contributed by atoms with E-state index >= 15 is 0 Å². The molecular formula is C28H28NO7+. The third kappa shape index (κ3) is 5.15. The van der Waals surface area contributed by atoms with Crippen molar-refractivity contribution in [3.05, 3.63) is 77.9 Å². The molecular weight excluding hydrogens is 462 g/mol. The molecule has 1 aliphatic rings. The first kappa shape index (κ1) is 23.7. The van der Waals surface area contributed by atoms with E-state index in [2.05, 4.69) is 0 Å². The lowest BCUT2D eigenvalue weighted by Gasteiger charge is -2.12. The molecule has 3 N–H and O–H groups in total. The van der Waals surface area contributed by atoms with Gasteiger partial charge in [0.25, 0.3) is 0 Å². The number of rotatable bonds is 10. The summed E-state index contributed by atoms with van der Waals surface area (Å²) in [5.74, 6) is 2.04. The third-order valence-corrected chi connectivity index (χ3v) is 5.87. The van der Waals surface area contributed by atoms with E-state index in [1.54, 1.807) is 25.1 Å². The van der Waals surface area contributed by atoms with E-state index in [0.717, 1.165) is 22.6 Å². The average Bonchev–Trinajstić information content (AvgIpc) is 3.52. The van der Waals surface area contributed by atoms with Crippen molar-refractivity contribution in [2.75, 3.05) is 26.6 Å². The number of nitrogens with two attached hydrogens (primary N) is 1. The van der Waals surface area contributed by atoms with Crippen molar-refractivity contribution in [1.29, 1.82) is 0 Å². The second-order valence-corrected chi connectivity index (χ2v) is 8.43. The maximum absolute atomic E-state index is 12.8. The van der Waals surface area contributed by atoms with Crippen LogP contribution in [-0.2, 0) is 11.3 Å². The summed E-state index contributed by atoms with van der Waals surface area (Å²) in [6, 6.07) is 20.5. The molecule has 0 bridgehead atoms. The first-order valence-corrected chi connectivity index (χ1v) is 11.9. The lowest BCUT2D eigenvalue weighted by atomic mass is 10.1. The van der Waals surface area contributed by atoms with Crippen LogP contribution >= 0.6 is 0 Å². The molecule has 0 fully saturated rings. The van der Waals surface area contributed by atoms with E-state index in [4.69, 9.17) is 23.4 Å². The van der Waals surface area contributed by atoms with E-state index in [1.807, 2.05) is 53.8 Å². The Kier molecular flexibility index (Phi) is 7.06. The summed E-state index contributed by atoms with van der Waals surface area (Å²) in [4.78, 5) is 12.8. The van der Waals surface area contributed by atoms with Crippen molar-refractivity contribution >= 4 is 16.9 Å². The molecule has 1 atom stereocenters. The van der Waals surface area contributed by atoms with Crippen LogP contribution in [0.2, 0.25) is 0 Å². The summed E-state index contributed by atoms with van der Waals surface area (Å²) >= 11 is 0. The molecule has 0 amide bonds. The number of aliphatic hydroxyl groups is 1. The smallest absolute Gasteiger partial charge is 0.342 e. The Morgan fingerprint density at radius 1 is 1.06 bits per heavy atom. The number of carbonyl (C=O) groups is 1. The second kappa shape index (κ2) is 10.7. The van der Waals surface area contributed by atoms with Crippen molar-refractivity contribution in [3.63, 3.8) is 0 Å². The van der Waals surface area contributed by atoms with Crippen molar-refractivity contribution in [1.82, 2.24) is 0 Å². The van der Waals surface area contributed by atoms with Gasteiger partial charge in [0, 0.05) is 16.5 Å². The van der Waals surface area contributed by atoms with Gasteiger partial charge in [0.05, 0.1) is 6.61 Å². The minimum absolute atomic E-state index is 0.112. The molecule has 0 saturated heterocycles. The van der Waals surface area contributed by atoms with Gasteiger partial charge >= 0.3 is 5.97 Å². The van der Waals surface area contributed by atoms with Gasteiger partial charge in [0.1, 0.15) is 48.5 Å². The summed E-state index contributed by atoms with van der Waals surface area (Å²) in [6.45, 7) is 3.54. The van der Waals surface area contributed by atoms with E-state index in [-0.39, 0.29) is 20.0 Å². The predicted molar refractivity (Wildman–Crippen MR) is 132 cm³/mol. The van der Waals surface area contributed by atoms with Crippen LogP contribution in [0.3, 0.4) is 0 Å². The Hall–Kier alpha value is -4.01. The van der Waals surface area contributed by atoms with Gasteiger partial charge in [-0.15, -0.1) is 0 Å². The van der Waals surface area contributed by atoms with E-state index in [9.17, 15) is 9.90 Å². The number of furan rings is 1. The molecule has 8 heteroatoms. The van der Waals surface area contributed by atoms with Crippen LogP contribution in [-0.4, -0.2) is 43.7 Å². The maximum Gasteiger partial charge on any atom is 0.342 e. The van der Waals surface area contributed by atoms with E-state index in [0.29, 0.717) is 41.1 Å². The number of benzene rings is 3.